The first-order chi connectivity index (χ1) is 10.1. The molecule has 0 N–H and O–H groups in total. The Labute approximate surface area is 140 Å². The van der Waals surface area contributed by atoms with Crippen LogP contribution < -0.4 is 9.47 Å². The van der Waals surface area contributed by atoms with Crippen LogP contribution in [0.5, 0.6) is 11.5 Å². The Kier molecular flexibility index (Phi) is 5.91. The minimum atomic E-state index is 0.270. The van der Waals surface area contributed by atoms with Gasteiger partial charge < -0.3 is 9.47 Å². The van der Waals surface area contributed by atoms with Crippen molar-refractivity contribution in [3.63, 3.8) is 0 Å². The Morgan fingerprint density at radius 2 is 1.81 bits per heavy atom. The fourth-order valence-corrected chi connectivity index (χ4v) is 2.82. The first-order valence-electron chi connectivity index (χ1n) is 6.06. The van der Waals surface area contributed by atoms with E-state index in [4.69, 9.17) is 32.7 Å². The van der Waals surface area contributed by atoms with Crippen LogP contribution in [0.1, 0.15) is 10.4 Å². The van der Waals surface area contributed by atoms with Crippen LogP contribution in [0.25, 0.3) is 0 Å². The first-order valence-corrected chi connectivity index (χ1v) is 7.61. The largest absolute Gasteiger partial charge is 0.488 e. The molecule has 0 heterocycles. The molecule has 0 spiro atoms. The smallest absolute Gasteiger partial charge is 0.153 e. The van der Waals surface area contributed by atoms with Gasteiger partial charge in [0.25, 0.3) is 0 Å². The van der Waals surface area contributed by atoms with Gasteiger partial charge in [0.15, 0.2) is 6.29 Å². The van der Waals surface area contributed by atoms with E-state index in [2.05, 4.69) is 15.9 Å². The molecule has 0 radical (unpaired) electrons. The van der Waals surface area contributed by atoms with E-state index in [0.29, 0.717) is 44.5 Å². The average Bonchev–Trinajstić information content (AvgIpc) is 2.46. The van der Waals surface area contributed by atoms with Crippen LogP contribution >= 0.6 is 39.1 Å². The predicted molar refractivity (Wildman–Crippen MR) is 87.0 cm³/mol. The molecule has 0 aromatic heterocycles. The van der Waals surface area contributed by atoms with Gasteiger partial charge in [0.2, 0.25) is 0 Å². The Morgan fingerprint density at radius 3 is 2.52 bits per heavy atom. The molecule has 0 fully saturated rings. The van der Waals surface area contributed by atoms with E-state index in [1.54, 1.807) is 24.3 Å². The van der Waals surface area contributed by atoms with Gasteiger partial charge in [-0.05, 0) is 40.2 Å². The Morgan fingerprint density at radius 1 is 1.10 bits per heavy atom. The Hall–Kier alpha value is -1.23. The first kappa shape index (κ1) is 16.1. The zero-order valence-electron chi connectivity index (χ0n) is 10.8. The molecule has 2 aromatic rings. The summed E-state index contributed by atoms with van der Waals surface area (Å²) in [5.41, 5.74) is 0.382. The maximum Gasteiger partial charge on any atom is 0.153 e. The van der Waals surface area contributed by atoms with Crippen molar-refractivity contribution in [3.05, 3.63) is 56.5 Å². The van der Waals surface area contributed by atoms with Crippen molar-refractivity contribution in [2.75, 3.05) is 13.2 Å². The third kappa shape index (κ3) is 4.37. The fourth-order valence-electron chi connectivity index (χ4n) is 1.68. The highest BCUT2D eigenvalue weighted by molar-refractivity contribution is 9.10. The lowest BCUT2D eigenvalue weighted by Gasteiger charge is -2.12. The van der Waals surface area contributed by atoms with Crippen molar-refractivity contribution in [3.8, 4) is 11.5 Å². The van der Waals surface area contributed by atoms with E-state index in [9.17, 15) is 4.79 Å². The molecular weight excluding hydrogens is 379 g/mol. The van der Waals surface area contributed by atoms with Crippen LogP contribution in [0.2, 0.25) is 10.0 Å². The molecule has 0 bridgehead atoms. The minimum absolute atomic E-state index is 0.270. The van der Waals surface area contributed by atoms with E-state index in [1.807, 2.05) is 12.1 Å². The standard InChI is InChI=1S/C15H11BrCl2O3/c16-12-8-11(17)7-10(9-19)15(12)21-6-5-20-14-4-2-1-3-13(14)18/h1-4,7-9H,5-6H2. The molecule has 0 saturated carbocycles. The summed E-state index contributed by atoms with van der Waals surface area (Å²) in [6.07, 6.45) is 0.695. The van der Waals surface area contributed by atoms with Gasteiger partial charge in [0.1, 0.15) is 24.7 Å². The summed E-state index contributed by atoms with van der Waals surface area (Å²) in [7, 11) is 0. The topological polar surface area (TPSA) is 35.5 Å². The van der Waals surface area contributed by atoms with E-state index < -0.39 is 0 Å². The van der Waals surface area contributed by atoms with E-state index in [-0.39, 0.29) is 6.61 Å². The predicted octanol–water partition coefficient (Wildman–Crippen LogP) is 5.03. The fraction of sp³-hybridized carbons (Fsp3) is 0.133. The molecule has 0 aliphatic heterocycles. The van der Waals surface area contributed by atoms with Gasteiger partial charge in [0, 0.05) is 5.02 Å². The SMILES string of the molecule is O=Cc1cc(Cl)cc(Br)c1OCCOc1ccccc1Cl. The molecule has 0 aliphatic rings. The lowest BCUT2D eigenvalue weighted by Crippen LogP contribution is -2.10. The van der Waals surface area contributed by atoms with E-state index >= 15 is 0 Å². The number of hydrogen-bond acceptors (Lipinski definition) is 3. The van der Waals surface area contributed by atoms with Crippen LogP contribution in [0.15, 0.2) is 40.9 Å². The molecular formula is C15H11BrCl2O3. The van der Waals surface area contributed by atoms with Crippen molar-refractivity contribution >= 4 is 45.4 Å². The summed E-state index contributed by atoms with van der Waals surface area (Å²) in [6, 6.07) is 10.4. The van der Waals surface area contributed by atoms with E-state index in [1.165, 1.54) is 0 Å². The average molecular weight is 390 g/mol. The number of rotatable bonds is 6. The normalized spacial score (nSPS) is 10.2. The zero-order chi connectivity index (χ0) is 15.2. The molecule has 2 aromatic carbocycles. The molecule has 21 heavy (non-hydrogen) atoms. The van der Waals surface area contributed by atoms with Gasteiger partial charge in [-0.15, -0.1) is 0 Å². The summed E-state index contributed by atoms with van der Waals surface area (Å²) in [4.78, 5) is 11.0. The monoisotopic (exact) mass is 388 g/mol. The summed E-state index contributed by atoms with van der Waals surface area (Å²) in [6.45, 7) is 0.573. The molecule has 2 rings (SSSR count). The molecule has 0 unspecified atom stereocenters. The van der Waals surface area contributed by atoms with Gasteiger partial charge in [-0.25, -0.2) is 0 Å². The van der Waals surface area contributed by atoms with Gasteiger partial charge >= 0.3 is 0 Å². The lowest BCUT2D eigenvalue weighted by molar-refractivity contribution is 0.111. The Bertz CT molecular complexity index is 647. The number of benzene rings is 2. The number of hydrogen-bond donors (Lipinski definition) is 0. The maximum atomic E-state index is 11.0. The third-order valence-corrected chi connectivity index (χ3v) is 3.71. The number of para-hydroxylation sites is 1. The van der Waals surface area contributed by atoms with Crippen molar-refractivity contribution in [1.29, 1.82) is 0 Å². The summed E-state index contributed by atoms with van der Waals surface area (Å²) in [5.74, 6) is 1.03. The molecule has 0 saturated heterocycles. The minimum Gasteiger partial charge on any atom is -0.488 e. The summed E-state index contributed by atoms with van der Waals surface area (Å²) < 4.78 is 11.7. The lowest BCUT2D eigenvalue weighted by atomic mass is 10.2. The Balaban J connectivity index is 1.95. The molecule has 0 aliphatic carbocycles. The number of ether oxygens (including phenoxy) is 2. The van der Waals surface area contributed by atoms with Crippen molar-refractivity contribution in [2.24, 2.45) is 0 Å². The highest BCUT2D eigenvalue weighted by Gasteiger charge is 2.10. The van der Waals surface area contributed by atoms with Crippen molar-refractivity contribution in [1.82, 2.24) is 0 Å². The number of carbonyl (C=O) groups is 1. The third-order valence-electron chi connectivity index (χ3n) is 2.59. The van der Waals surface area contributed by atoms with E-state index in [0.717, 1.165) is 0 Å². The highest BCUT2D eigenvalue weighted by atomic mass is 79.9. The molecule has 110 valence electrons. The van der Waals surface area contributed by atoms with Crippen LogP contribution in [0.3, 0.4) is 0 Å². The van der Waals surface area contributed by atoms with Crippen molar-refractivity contribution in [2.45, 2.75) is 0 Å². The van der Waals surface area contributed by atoms with Crippen LogP contribution in [0, 0.1) is 0 Å². The quantitative estimate of drug-likeness (QED) is 0.513. The van der Waals surface area contributed by atoms with Crippen molar-refractivity contribution < 1.29 is 14.3 Å². The molecule has 0 atom stereocenters. The second-order valence-electron chi connectivity index (χ2n) is 4.05. The molecule has 3 nitrogen and oxygen atoms in total. The van der Waals surface area contributed by atoms with Gasteiger partial charge in [-0.2, -0.15) is 0 Å². The van der Waals surface area contributed by atoms with Gasteiger partial charge in [-0.1, -0.05) is 35.3 Å². The zero-order valence-corrected chi connectivity index (χ0v) is 13.9. The number of aldehydes is 1. The summed E-state index contributed by atoms with van der Waals surface area (Å²) >= 11 is 15.2. The second-order valence-corrected chi connectivity index (χ2v) is 5.75. The summed E-state index contributed by atoms with van der Waals surface area (Å²) in [5, 5.41) is 1.00. The number of carbonyl (C=O) groups excluding carboxylic acids is 1. The second kappa shape index (κ2) is 7.69. The van der Waals surface area contributed by atoms with Crippen LogP contribution in [-0.4, -0.2) is 19.5 Å². The highest BCUT2D eigenvalue weighted by Crippen LogP contribution is 2.32. The van der Waals surface area contributed by atoms with Crippen LogP contribution in [-0.2, 0) is 0 Å². The number of halogens is 3. The van der Waals surface area contributed by atoms with Gasteiger partial charge in [0.05, 0.1) is 15.1 Å². The maximum absolute atomic E-state index is 11.0. The van der Waals surface area contributed by atoms with Gasteiger partial charge in [-0.3, -0.25) is 4.79 Å². The molecule has 6 heteroatoms. The van der Waals surface area contributed by atoms with Crippen LogP contribution in [0.4, 0.5) is 0 Å². The molecule has 0 amide bonds.